The summed E-state index contributed by atoms with van der Waals surface area (Å²) in [5.41, 5.74) is 6.79. The summed E-state index contributed by atoms with van der Waals surface area (Å²) < 4.78 is 5.51. The van der Waals surface area contributed by atoms with Crippen LogP contribution in [-0.4, -0.2) is 24.8 Å². The number of rotatable bonds is 5. The average Bonchev–Trinajstić information content (AvgIpc) is 2.28. The number of ether oxygens (including phenoxy) is 1. The molecule has 2 amide bonds. The molecule has 5 heteroatoms. The molecule has 18 heavy (non-hydrogen) atoms. The molecule has 1 saturated carbocycles. The number of carbonyl (C=O) groups is 1. The Labute approximate surface area is 107 Å². The maximum Gasteiger partial charge on any atom is 0.316 e. The largest absolute Gasteiger partial charge is 0.382 e. The van der Waals surface area contributed by atoms with E-state index < -0.39 is 6.03 Å². The van der Waals surface area contributed by atoms with Crippen LogP contribution in [0.5, 0.6) is 0 Å². The predicted octanol–water partition coefficient (Wildman–Crippen LogP) is 2.16. The van der Waals surface area contributed by atoms with E-state index in [1.165, 1.54) is 0 Å². The van der Waals surface area contributed by atoms with Crippen molar-refractivity contribution in [1.82, 2.24) is 0 Å². The van der Waals surface area contributed by atoms with Gasteiger partial charge in [-0.05, 0) is 44.0 Å². The molecule has 1 aromatic rings. The second kappa shape index (κ2) is 5.73. The smallest absolute Gasteiger partial charge is 0.316 e. The quantitative estimate of drug-likeness (QED) is 0.748. The monoisotopic (exact) mass is 249 g/mol. The minimum atomic E-state index is -0.547. The Morgan fingerprint density at radius 1 is 1.33 bits per heavy atom. The third-order valence-electron chi connectivity index (χ3n) is 3.02. The fraction of sp³-hybridized carbons (Fsp3) is 0.462. The lowest BCUT2D eigenvalue weighted by Crippen LogP contribution is -2.40. The van der Waals surface area contributed by atoms with Crippen LogP contribution in [0.25, 0.3) is 0 Å². The van der Waals surface area contributed by atoms with Gasteiger partial charge in [-0.3, -0.25) is 0 Å². The van der Waals surface area contributed by atoms with Gasteiger partial charge in [0.1, 0.15) is 0 Å². The summed E-state index contributed by atoms with van der Waals surface area (Å²) in [7, 11) is 0. The third kappa shape index (κ3) is 3.37. The number of carbonyl (C=O) groups excluding carboxylic acids is 1. The first-order chi connectivity index (χ1) is 8.67. The van der Waals surface area contributed by atoms with E-state index in [-0.39, 0.29) is 0 Å². The van der Waals surface area contributed by atoms with Gasteiger partial charge in [0.05, 0.1) is 6.10 Å². The molecule has 0 spiro atoms. The summed E-state index contributed by atoms with van der Waals surface area (Å²) in [4.78, 5) is 10.7. The Bertz CT molecular complexity index is 399. The van der Waals surface area contributed by atoms with Crippen LogP contribution in [0.4, 0.5) is 16.2 Å². The first-order valence-electron chi connectivity index (χ1n) is 6.22. The Hall–Kier alpha value is -1.75. The van der Waals surface area contributed by atoms with Crippen LogP contribution in [0.15, 0.2) is 24.3 Å². The van der Waals surface area contributed by atoms with Crippen LogP contribution in [-0.2, 0) is 4.74 Å². The summed E-state index contributed by atoms with van der Waals surface area (Å²) in [6.07, 6.45) is 2.51. The fourth-order valence-electron chi connectivity index (χ4n) is 2.08. The van der Waals surface area contributed by atoms with Crippen molar-refractivity contribution in [2.45, 2.75) is 31.9 Å². The molecule has 0 unspecified atom stereocenters. The molecule has 98 valence electrons. The molecule has 5 nitrogen and oxygen atoms in total. The highest BCUT2D eigenvalue weighted by Gasteiger charge is 2.29. The van der Waals surface area contributed by atoms with Crippen molar-refractivity contribution in [2.24, 2.45) is 5.73 Å². The van der Waals surface area contributed by atoms with Crippen LogP contribution in [0, 0.1) is 0 Å². The van der Waals surface area contributed by atoms with Crippen molar-refractivity contribution in [2.75, 3.05) is 17.2 Å². The molecule has 0 aromatic heterocycles. The van der Waals surface area contributed by atoms with Gasteiger partial charge in [-0.25, -0.2) is 4.79 Å². The van der Waals surface area contributed by atoms with Crippen molar-refractivity contribution in [3.8, 4) is 0 Å². The second-order valence-corrected chi connectivity index (χ2v) is 4.46. The highest BCUT2D eigenvalue weighted by atomic mass is 16.5. The van der Waals surface area contributed by atoms with Crippen molar-refractivity contribution < 1.29 is 9.53 Å². The van der Waals surface area contributed by atoms with Crippen LogP contribution in [0.1, 0.15) is 19.8 Å². The SMILES string of the molecule is CCOC1CC(Nc2ccc(NC(N)=O)cc2)C1. The van der Waals surface area contributed by atoms with Crippen molar-refractivity contribution in [3.05, 3.63) is 24.3 Å². The fourth-order valence-corrected chi connectivity index (χ4v) is 2.08. The normalized spacial score (nSPS) is 22.1. The highest BCUT2D eigenvalue weighted by molar-refractivity contribution is 5.87. The predicted molar refractivity (Wildman–Crippen MR) is 71.7 cm³/mol. The van der Waals surface area contributed by atoms with Gasteiger partial charge < -0.3 is 21.1 Å². The average molecular weight is 249 g/mol. The lowest BCUT2D eigenvalue weighted by Gasteiger charge is -2.36. The summed E-state index contributed by atoms with van der Waals surface area (Å²) in [5, 5.41) is 5.95. The molecular weight excluding hydrogens is 230 g/mol. The molecule has 0 atom stereocenters. The molecule has 0 saturated heterocycles. The van der Waals surface area contributed by atoms with E-state index in [0.29, 0.717) is 17.8 Å². The number of primary amides is 1. The summed E-state index contributed by atoms with van der Waals surface area (Å²) in [6, 6.07) is 7.45. The van der Waals surface area contributed by atoms with Crippen LogP contribution >= 0.6 is 0 Å². The zero-order valence-corrected chi connectivity index (χ0v) is 10.5. The molecule has 4 N–H and O–H groups in total. The maximum atomic E-state index is 10.7. The second-order valence-electron chi connectivity index (χ2n) is 4.46. The van der Waals surface area contributed by atoms with Crippen LogP contribution in [0.3, 0.4) is 0 Å². The van der Waals surface area contributed by atoms with Gasteiger partial charge in [-0.2, -0.15) is 0 Å². The molecule has 1 aliphatic carbocycles. The third-order valence-corrected chi connectivity index (χ3v) is 3.02. The first kappa shape index (κ1) is 12.7. The highest BCUT2D eigenvalue weighted by Crippen LogP contribution is 2.27. The standard InChI is InChI=1S/C13H19N3O2/c1-2-18-12-7-11(8-12)15-9-3-5-10(6-4-9)16-13(14)17/h3-6,11-12,15H,2,7-8H2,1H3,(H3,14,16,17). The van der Waals surface area contributed by atoms with Gasteiger partial charge in [-0.15, -0.1) is 0 Å². The van der Waals surface area contributed by atoms with Gasteiger partial charge in [-0.1, -0.05) is 0 Å². The van der Waals surface area contributed by atoms with E-state index in [1.54, 1.807) is 0 Å². The molecule has 1 aliphatic rings. The number of nitrogens with one attached hydrogen (secondary N) is 2. The minimum absolute atomic E-state index is 0.406. The van der Waals surface area contributed by atoms with E-state index in [2.05, 4.69) is 10.6 Å². The lowest BCUT2D eigenvalue weighted by atomic mass is 9.89. The topological polar surface area (TPSA) is 76.4 Å². The summed E-state index contributed by atoms with van der Waals surface area (Å²) in [5.74, 6) is 0. The maximum absolute atomic E-state index is 10.7. The Kier molecular flexibility index (Phi) is 4.04. The van der Waals surface area contributed by atoms with Gasteiger partial charge >= 0.3 is 6.03 Å². The minimum Gasteiger partial charge on any atom is -0.382 e. The van der Waals surface area contributed by atoms with Crippen molar-refractivity contribution in [3.63, 3.8) is 0 Å². The van der Waals surface area contributed by atoms with E-state index in [4.69, 9.17) is 10.5 Å². The number of urea groups is 1. The van der Waals surface area contributed by atoms with Gasteiger partial charge in [0.25, 0.3) is 0 Å². The van der Waals surface area contributed by atoms with Gasteiger partial charge in [0.15, 0.2) is 0 Å². The Morgan fingerprint density at radius 2 is 1.94 bits per heavy atom. The number of hydrogen-bond acceptors (Lipinski definition) is 3. The van der Waals surface area contributed by atoms with E-state index in [9.17, 15) is 4.79 Å². The molecule has 1 fully saturated rings. The Morgan fingerprint density at radius 3 is 2.50 bits per heavy atom. The van der Waals surface area contributed by atoms with Crippen molar-refractivity contribution in [1.29, 1.82) is 0 Å². The number of nitrogens with two attached hydrogens (primary N) is 1. The lowest BCUT2D eigenvalue weighted by molar-refractivity contribution is 0.00299. The van der Waals surface area contributed by atoms with E-state index >= 15 is 0 Å². The number of anilines is 2. The Balaban J connectivity index is 1.79. The molecule has 2 rings (SSSR count). The first-order valence-corrected chi connectivity index (χ1v) is 6.22. The van der Waals surface area contributed by atoms with E-state index in [1.807, 2.05) is 31.2 Å². The summed E-state index contributed by atoms with van der Waals surface area (Å²) >= 11 is 0. The van der Waals surface area contributed by atoms with Crippen LogP contribution < -0.4 is 16.4 Å². The number of benzene rings is 1. The molecule has 0 radical (unpaired) electrons. The zero-order valence-electron chi connectivity index (χ0n) is 10.5. The molecular formula is C13H19N3O2. The number of amides is 2. The molecule has 0 aliphatic heterocycles. The van der Waals surface area contributed by atoms with E-state index in [0.717, 1.165) is 25.1 Å². The summed E-state index contributed by atoms with van der Waals surface area (Å²) in [6.45, 7) is 2.80. The van der Waals surface area contributed by atoms with Crippen molar-refractivity contribution >= 4 is 17.4 Å². The number of hydrogen-bond donors (Lipinski definition) is 3. The van der Waals surface area contributed by atoms with Gasteiger partial charge in [0.2, 0.25) is 0 Å². The molecule has 1 aromatic carbocycles. The van der Waals surface area contributed by atoms with Gasteiger partial charge in [0, 0.05) is 24.0 Å². The zero-order chi connectivity index (χ0) is 13.0. The molecule has 0 heterocycles. The van der Waals surface area contributed by atoms with Crippen LogP contribution in [0.2, 0.25) is 0 Å². The molecule has 0 bridgehead atoms.